The van der Waals surface area contributed by atoms with Crippen LogP contribution in [-0.2, 0) is 11.3 Å². The molecule has 5 nitrogen and oxygen atoms in total. The van der Waals surface area contributed by atoms with Crippen LogP contribution in [0.1, 0.15) is 30.4 Å². The highest BCUT2D eigenvalue weighted by molar-refractivity contribution is 5.80. The second-order valence-electron chi connectivity index (χ2n) is 7.65. The number of nitriles is 1. The van der Waals surface area contributed by atoms with Gasteiger partial charge in [0.15, 0.2) is 0 Å². The van der Waals surface area contributed by atoms with Crippen molar-refractivity contribution in [3.8, 4) is 6.07 Å². The Morgan fingerprint density at radius 1 is 1.36 bits per heavy atom. The Morgan fingerprint density at radius 3 is 2.84 bits per heavy atom. The summed E-state index contributed by atoms with van der Waals surface area (Å²) in [6.45, 7) is 3.69. The van der Waals surface area contributed by atoms with E-state index in [0.29, 0.717) is 12.0 Å². The molecule has 1 heterocycles. The molecule has 1 aliphatic carbocycles. The minimum Gasteiger partial charge on any atom is -0.356 e. The van der Waals surface area contributed by atoms with E-state index in [1.165, 1.54) is 5.56 Å². The quantitative estimate of drug-likeness (QED) is 0.858. The van der Waals surface area contributed by atoms with Crippen LogP contribution in [0.15, 0.2) is 24.3 Å². The van der Waals surface area contributed by atoms with Gasteiger partial charge in [-0.2, -0.15) is 5.26 Å². The fourth-order valence-electron chi connectivity index (χ4n) is 3.73. The summed E-state index contributed by atoms with van der Waals surface area (Å²) in [7, 11) is 4.25. The molecule has 1 aliphatic heterocycles. The van der Waals surface area contributed by atoms with Crippen molar-refractivity contribution in [1.82, 2.24) is 15.1 Å². The van der Waals surface area contributed by atoms with Crippen LogP contribution in [0.5, 0.6) is 0 Å². The van der Waals surface area contributed by atoms with Crippen LogP contribution >= 0.6 is 0 Å². The fourth-order valence-corrected chi connectivity index (χ4v) is 3.73. The number of likely N-dealkylation sites (N-methyl/N-ethyl adjacent to an activating group) is 1. The molecule has 25 heavy (non-hydrogen) atoms. The minimum absolute atomic E-state index is 0.244. The average Bonchev–Trinajstić information content (AvgIpc) is 3.45. The van der Waals surface area contributed by atoms with E-state index in [0.717, 1.165) is 51.0 Å². The van der Waals surface area contributed by atoms with E-state index in [9.17, 15) is 4.79 Å². The number of likely N-dealkylation sites (tertiary alicyclic amines) is 1. The lowest BCUT2D eigenvalue weighted by Crippen LogP contribution is -2.53. The smallest absolute Gasteiger partial charge is 0.223 e. The lowest BCUT2D eigenvalue weighted by Gasteiger charge is -2.42. The van der Waals surface area contributed by atoms with Gasteiger partial charge in [0.2, 0.25) is 5.91 Å². The first-order valence-electron chi connectivity index (χ1n) is 9.22. The second-order valence-corrected chi connectivity index (χ2v) is 7.65. The van der Waals surface area contributed by atoms with Gasteiger partial charge in [-0.15, -0.1) is 0 Å². The third-order valence-electron chi connectivity index (χ3n) is 5.42. The maximum Gasteiger partial charge on any atom is 0.223 e. The molecule has 2 aliphatic rings. The molecule has 0 bridgehead atoms. The van der Waals surface area contributed by atoms with Crippen molar-refractivity contribution in [2.24, 2.45) is 11.8 Å². The van der Waals surface area contributed by atoms with Crippen LogP contribution in [0, 0.1) is 23.2 Å². The molecule has 1 aromatic rings. The zero-order valence-corrected chi connectivity index (χ0v) is 15.2. The first-order chi connectivity index (χ1) is 12.1. The summed E-state index contributed by atoms with van der Waals surface area (Å²) in [5.41, 5.74) is 1.91. The van der Waals surface area contributed by atoms with Crippen molar-refractivity contribution < 1.29 is 4.79 Å². The summed E-state index contributed by atoms with van der Waals surface area (Å²) in [5.74, 6) is 1.03. The lowest BCUT2D eigenvalue weighted by atomic mass is 9.90. The summed E-state index contributed by atoms with van der Waals surface area (Å²) < 4.78 is 0. The molecule has 1 saturated heterocycles. The molecule has 134 valence electrons. The zero-order chi connectivity index (χ0) is 17.8. The Balaban J connectivity index is 1.56. The van der Waals surface area contributed by atoms with Crippen LogP contribution in [0.25, 0.3) is 0 Å². The van der Waals surface area contributed by atoms with Crippen LogP contribution in [0.3, 0.4) is 0 Å². The Morgan fingerprint density at radius 2 is 2.16 bits per heavy atom. The molecule has 0 unspecified atom stereocenters. The van der Waals surface area contributed by atoms with E-state index < -0.39 is 0 Å². The van der Waals surface area contributed by atoms with Crippen LogP contribution in [0.4, 0.5) is 0 Å². The predicted octanol–water partition coefficient (Wildman–Crippen LogP) is 1.84. The van der Waals surface area contributed by atoms with Gasteiger partial charge in [0.05, 0.1) is 11.6 Å². The number of benzene rings is 1. The van der Waals surface area contributed by atoms with Crippen LogP contribution in [-0.4, -0.2) is 55.5 Å². The van der Waals surface area contributed by atoms with Crippen molar-refractivity contribution in [3.63, 3.8) is 0 Å². The number of carbonyl (C=O) groups is 1. The van der Waals surface area contributed by atoms with Crippen molar-refractivity contribution >= 4 is 5.91 Å². The van der Waals surface area contributed by atoms with Crippen LogP contribution in [0.2, 0.25) is 0 Å². The normalized spacial score (nSPS) is 24.1. The van der Waals surface area contributed by atoms with Gasteiger partial charge in [-0.3, -0.25) is 9.69 Å². The highest BCUT2D eigenvalue weighted by atomic mass is 16.2. The average molecular weight is 340 g/mol. The number of amides is 1. The van der Waals surface area contributed by atoms with Gasteiger partial charge in [0, 0.05) is 31.6 Å². The van der Waals surface area contributed by atoms with Crippen molar-refractivity contribution in [3.05, 3.63) is 35.4 Å². The highest BCUT2D eigenvalue weighted by Crippen LogP contribution is 2.29. The molecule has 0 radical (unpaired) electrons. The van der Waals surface area contributed by atoms with Gasteiger partial charge in [-0.25, -0.2) is 0 Å². The van der Waals surface area contributed by atoms with E-state index in [1.807, 2.05) is 18.2 Å². The number of nitrogens with one attached hydrogen (secondary N) is 1. The Hall–Kier alpha value is -1.90. The first-order valence-corrected chi connectivity index (χ1v) is 9.22. The number of hydrogen-bond donors (Lipinski definition) is 1. The first kappa shape index (κ1) is 17.9. The Labute approximate surface area is 150 Å². The van der Waals surface area contributed by atoms with Crippen LogP contribution < -0.4 is 5.32 Å². The summed E-state index contributed by atoms with van der Waals surface area (Å²) in [4.78, 5) is 16.7. The van der Waals surface area contributed by atoms with Gasteiger partial charge in [0.25, 0.3) is 0 Å². The summed E-state index contributed by atoms with van der Waals surface area (Å²) in [6, 6.07) is 10.5. The van der Waals surface area contributed by atoms with E-state index >= 15 is 0 Å². The van der Waals surface area contributed by atoms with Gasteiger partial charge < -0.3 is 10.2 Å². The van der Waals surface area contributed by atoms with Gasteiger partial charge in [-0.05, 0) is 63.5 Å². The molecule has 1 amide bonds. The zero-order valence-electron chi connectivity index (χ0n) is 15.2. The lowest BCUT2D eigenvalue weighted by molar-refractivity contribution is -0.122. The second kappa shape index (κ2) is 7.99. The number of hydrogen-bond acceptors (Lipinski definition) is 4. The van der Waals surface area contributed by atoms with Crippen molar-refractivity contribution in [2.75, 3.05) is 33.7 Å². The monoisotopic (exact) mass is 340 g/mol. The summed E-state index contributed by atoms with van der Waals surface area (Å²) >= 11 is 0. The molecule has 1 saturated carbocycles. The largest absolute Gasteiger partial charge is 0.356 e. The summed E-state index contributed by atoms with van der Waals surface area (Å²) in [5, 5.41) is 12.2. The third kappa shape index (κ3) is 4.81. The molecule has 2 fully saturated rings. The maximum atomic E-state index is 11.9. The van der Waals surface area contributed by atoms with Gasteiger partial charge in [0.1, 0.15) is 0 Å². The van der Waals surface area contributed by atoms with E-state index in [1.54, 1.807) is 0 Å². The predicted molar refractivity (Wildman–Crippen MR) is 97.7 cm³/mol. The topological polar surface area (TPSA) is 59.4 Å². The van der Waals surface area contributed by atoms with E-state index in [2.05, 4.69) is 41.3 Å². The van der Waals surface area contributed by atoms with Gasteiger partial charge >= 0.3 is 0 Å². The fraction of sp³-hybridized carbons (Fsp3) is 0.600. The molecule has 0 aromatic heterocycles. The number of piperidine rings is 1. The molecular formula is C20H28N4O. The molecule has 2 atom stereocenters. The highest BCUT2D eigenvalue weighted by Gasteiger charge is 2.33. The molecule has 1 N–H and O–H groups in total. The standard InChI is InChI=1S/C20H28N4O/c1-23(2)19-14-24(13-16-5-3-4-15(10-16)11-21)9-8-18(19)12-22-20(25)17-6-7-17/h3-5,10,17-19H,6-9,12-14H2,1-2H3,(H,22,25)/t18-,19-/m1/s1. The van der Waals surface area contributed by atoms with E-state index in [-0.39, 0.29) is 11.8 Å². The van der Waals surface area contributed by atoms with Crippen molar-refractivity contribution in [2.45, 2.75) is 31.8 Å². The van der Waals surface area contributed by atoms with E-state index in [4.69, 9.17) is 5.26 Å². The maximum absolute atomic E-state index is 11.9. The Kier molecular flexibility index (Phi) is 5.72. The molecule has 0 spiro atoms. The SMILES string of the molecule is CN(C)[C@@H]1CN(Cc2cccc(C#N)c2)CC[C@@H]1CNC(=O)C1CC1. The third-order valence-corrected chi connectivity index (χ3v) is 5.42. The molecule has 5 heteroatoms. The molecule has 3 rings (SSSR count). The molecule has 1 aromatic carbocycles. The minimum atomic E-state index is 0.244. The van der Waals surface area contributed by atoms with Gasteiger partial charge in [-0.1, -0.05) is 12.1 Å². The number of carbonyl (C=O) groups excluding carboxylic acids is 1. The number of nitrogens with zero attached hydrogens (tertiary/aromatic N) is 3. The van der Waals surface area contributed by atoms with Crippen molar-refractivity contribution in [1.29, 1.82) is 5.26 Å². The Bertz CT molecular complexity index is 647. The number of rotatable bonds is 6. The summed E-state index contributed by atoms with van der Waals surface area (Å²) in [6.07, 6.45) is 3.21. The molecular weight excluding hydrogens is 312 g/mol.